The van der Waals surface area contributed by atoms with Crippen molar-refractivity contribution in [3.8, 4) is 0 Å². The fourth-order valence-electron chi connectivity index (χ4n) is 1.62. The van der Waals surface area contributed by atoms with Crippen molar-refractivity contribution in [3.63, 3.8) is 0 Å². The van der Waals surface area contributed by atoms with Crippen LogP contribution in [0.15, 0.2) is 0 Å². The summed E-state index contributed by atoms with van der Waals surface area (Å²) < 4.78 is 0. The monoisotopic (exact) mass is 214 g/mol. The van der Waals surface area contributed by atoms with E-state index in [9.17, 15) is 9.59 Å². The molecule has 0 saturated carbocycles. The minimum absolute atomic E-state index is 0.173. The summed E-state index contributed by atoms with van der Waals surface area (Å²) in [6.45, 7) is 3.03. The van der Waals surface area contributed by atoms with Crippen molar-refractivity contribution < 1.29 is 14.7 Å². The first-order valence-electron chi connectivity index (χ1n) is 5.44. The van der Waals surface area contributed by atoms with Crippen molar-refractivity contribution in [2.75, 3.05) is 13.1 Å². The minimum Gasteiger partial charge on any atom is -0.465 e. The van der Waals surface area contributed by atoms with E-state index in [1.54, 1.807) is 0 Å². The Balaban J connectivity index is 2.31. The van der Waals surface area contributed by atoms with Crippen molar-refractivity contribution in [2.24, 2.45) is 0 Å². The molecule has 0 aromatic heterocycles. The third-order valence-corrected chi connectivity index (χ3v) is 2.65. The molecule has 0 aromatic carbocycles. The predicted octanol–water partition coefficient (Wildman–Crippen LogP) is 1.05. The highest BCUT2D eigenvalue weighted by atomic mass is 16.4. The molecule has 5 heteroatoms. The molecule has 15 heavy (non-hydrogen) atoms. The third kappa shape index (κ3) is 3.11. The average Bonchev–Trinajstić information content (AvgIpc) is 2.19. The highest BCUT2D eigenvalue weighted by Gasteiger charge is 2.35. The Hall–Kier alpha value is -1.26. The zero-order valence-corrected chi connectivity index (χ0v) is 9.03. The molecule has 0 radical (unpaired) electrons. The van der Waals surface area contributed by atoms with E-state index >= 15 is 0 Å². The third-order valence-electron chi connectivity index (χ3n) is 2.65. The quantitative estimate of drug-likeness (QED) is 0.513. The van der Waals surface area contributed by atoms with Crippen LogP contribution in [0, 0.1) is 0 Å². The highest BCUT2D eigenvalue weighted by Crippen LogP contribution is 2.09. The van der Waals surface area contributed by atoms with Crippen molar-refractivity contribution in [2.45, 2.75) is 38.6 Å². The summed E-state index contributed by atoms with van der Waals surface area (Å²) in [6.07, 6.45) is 3.10. The first-order valence-corrected chi connectivity index (χ1v) is 5.44. The van der Waals surface area contributed by atoms with Crippen LogP contribution in [0.4, 0.5) is 4.79 Å². The van der Waals surface area contributed by atoms with Gasteiger partial charge in [-0.1, -0.05) is 26.2 Å². The molecule has 1 aliphatic rings. The number of hydrogen-bond donors (Lipinski definition) is 2. The second-order valence-corrected chi connectivity index (χ2v) is 3.80. The lowest BCUT2D eigenvalue weighted by Gasteiger charge is -2.34. The fourth-order valence-corrected chi connectivity index (χ4v) is 1.62. The number of rotatable bonds is 6. The van der Waals surface area contributed by atoms with Gasteiger partial charge in [-0.15, -0.1) is 0 Å². The van der Waals surface area contributed by atoms with Crippen LogP contribution in [-0.2, 0) is 4.79 Å². The van der Waals surface area contributed by atoms with Gasteiger partial charge in [0.25, 0.3) is 0 Å². The number of nitrogens with zero attached hydrogens (tertiary/aromatic N) is 1. The van der Waals surface area contributed by atoms with E-state index in [0.717, 1.165) is 25.7 Å². The topological polar surface area (TPSA) is 69.6 Å². The Kier molecular flexibility index (Phi) is 4.39. The minimum atomic E-state index is -0.994. The van der Waals surface area contributed by atoms with Gasteiger partial charge in [0.2, 0.25) is 5.91 Å². The maximum atomic E-state index is 11.0. The van der Waals surface area contributed by atoms with Crippen molar-refractivity contribution in [3.05, 3.63) is 0 Å². The van der Waals surface area contributed by atoms with Gasteiger partial charge < -0.3 is 10.4 Å². The molecule has 2 amide bonds. The van der Waals surface area contributed by atoms with Gasteiger partial charge in [-0.05, 0) is 6.42 Å². The number of nitrogens with one attached hydrogen (secondary N) is 1. The van der Waals surface area contributed by atoms with Crippen LogP contribution in [0.5, 0.6) is 0 Å². The van der Waals surface area contributed by atoms with Gasteiger partial charge in [-0.25, -0.2) is 4.79 Å². The van der Waals surface area contributed by atoms with Gasteiger partial charge in [-0.3, -0.25) is 9.69 Å². The molecule has 0 aliphatic carbocycles. The molecule has 1 fully saturated rings. The normalized spacial score (nSPS) is 19.3. The highest BCUT2D eigenvalue weighted by molar-refractivity contribution is 5.90. The maximum absolute atomic E-state index is 11.0. The van der Waals surface area contributed by atoms with Gasteiger partial charge >= 0.3 is 6.09 Å². The van der Waals surface area contributed by atoms with E-state index in [-0.39, 0.29) is 5.91 Å². The molecule has 0 spiro atoms. The lowest BCUT2D eigenvalue weighted by molar-refractivity contribution is -0.132. The molecule has 1 aliphatic heterocycles. The smallest absolute Gasteiger partial charge is 0.408 e. The standard InChI is InChI=1S/C10H18N2O3/c1-2-3-4-5-6-12(10(14)15)8-7-11-9(8)13/h8H,2-7H2,1H3,(H,11,13)(H,14,15). The van der Waals surface area contributed by atoms with Crippen LogP contribution in [0.2, 0.25) is 0 Å². The number of carbonyl (C=O) groups is 2. The van der Waals surface area contributed by atoms with E-state index in [0.29, 0.717) is 13.1 Å². The number of unbranched alkanes of at least 4 members (excludes halogenated alkanes) is 3. The summed E-state index contributed by atoms with van der Waals surface area (Å²) in [7, 11) is 0. The van der Waals surface area contributed by atoms with Gasteiger partial charge in [0.15, 0.2) is 0 Å². The Labute approximate surface area is 89.4 Å². The van der Waals surface area contributed by atoms with E-state index in [2.05, 4.69) is 12.2 Å². The largest absolute Gasteiger partial charge is 0.465 e. The summed E-state index contributed by atoms with van der Waals surface area (Å²) in [5, 5.41) is 11.5. The fraction of sp³-hybridized carbons (Fsp3) is 0.800. The van der Waals surface area contributed by atoms with Crippen LogP contribution >= 0.6 is 0 Å². The van der Waals surface area contributed by atoms with E-state index in [1.165, 1.54) is 4.90 Å². The Morgan fingerprint density at radius 3 is 2.67 bits per heavy atom. The molecule has 5 nitrogen and oxygen atoms in total. The van der Waals surface area contributed by atoms with Crippen molar-refractivity contribution in [1.82, 2.24) is 10.2 Å². The summed E-state index contributed by atoms with van der Waals surface area (Å²) in [6, 6.07) is -0.455. The van der Waals surface area contributed by atoms with Crippen molar-refractivity contribution >= 4 is 12.0 Å². The second kappa shape index (κ2) is 5.58. The van der Waals surface area contributed by atoms with Crippen LogP contribution in [-0.4, -0.2) is 41.1 Å². The van der Waals surface area contributed by atoms with Crippen LogP contribution in [0.25, 0.3) is 0 Å². The molecule has 0 aromatic rings. The summed E-state index contributed by atoms with van der Waals surface area (Å²) in [5.41, 5.74) is 0. The van der Waals surface area contributed by atoms with E-state index in [4.69, 9.17) is 5.11 Å². The molecule has 86 valence electrons. The zero-order chi connectivity index (χ0) is 11.3. The number of carbonyl (C=O) groups excluding carboxylic acids is 1. The molecule has 1 heterocycles. The molecule has 1 saturated heterocycles. The Morgan fingerprint density at radius 2 is 2.27 bits per heavy atom. The molecule has 1 unspecified atom stereocenters. The average molecular weight is 214 g/mol. The number of hydrogen-bond acceptors (Lipinski definition) is 2. The summed E-state index contributed by atoms with van der Waals surface area (Å²) in [5.74, 6) is -0.173. The lowest BCUT2D eigenvalue weighted by atomic mass is 10.1. The zero-order valence-electron chi connectivity index (χ0n) is 9.03. The molecule has 0 bridgehead atoms. The molecular formula is C10H18N2O3. The number of β-lactam (4-membered cyclic amide) rings is 1. The Morgan fingerprint density at radius 1 is 1.53 bits per heavy atom. The second-order valence-electron chi connectivity index (χ2n) is 3.80. The van der Waals surface area contributed by atoms with Gasteiger partial charge in [-0.2, -0.15) is 0 Å². The lowest BCUT2D eigenvalue weighted by Crippen LogP contribution is -2.63. The molecule has 1 atom stereocenters. The van der Waals surface area contributed by atoms with E-state index < -0.39 is 12.1 Å². The van der Waals surface area contributed by atoms with Crippen LogP contribution in [0.1, 0.15) is 32.6 Å². The molecular weight excluding hydrogens is 196 g/mol. The number of amides is 2. The van der Waals surface area contributed by atoms with E-state index in [1.807, 2.05) is 0 Å². The SMILES string of the molecule is CCCCCCN(C(=O)O)C1CNC1=O. The number of carboxylic acid groups (broad SMARTS) is 1. The maximum Gasteiger partial charge on any atom is 0.408 e. The molecule has 2 N–H and O–H groups in total. The predicted molar refractivity (Wildman–Crippen MR) is 55.7 cm³/mol. The summed E-state index contributed by atoms with van der Waals surface area (Å²) >= 11 is 0. The van der Waals surface area contributed by atoms with Gasteiger partial charge in [0, 0.05) is 13.1 Å². The Bertz CT molecular complexity index is 243. The first-order chi connectivity index (χ1) is 7.16. The van der Waals surface area contributed by atoms with Crippen LogP contribution < -0.4 is 5.32 Å². The van der Waals surface area contributed by atoms with Gasteiger partial charge in [0.05, 0.1) is 0 Å². The van der Waals surface area contributed by atoms with Crippen LogP contribution in [0.3, 0.4) is 0 Å². The molecule has 1 rings (SSSR count). The first kappa shape index (κ1) is 11.8. The van der Waals surface area contributed by atoms with Crippen molar-refractivity contribution in [1.29, 1.82) is 0 Å². The van der Waals surface area contributed by atoms with Gasteiger partial charge in [0.1, 0.15) is 6.04 Å². The summed E-state index contributed by atoms with van der Waals surface area (Å²) in [4.78, 5) is 23.2.